The van der Waals surface area contributed by atoms with E-state index in [0.717, 1.165) is 57.4 Å². The molecule has 3 rings (SSSR count). The molecular formula is C20H28N2O3. The molecule has 0 aromatic heterocycles. The molecule has 136 valence electrons. The number of aryl methyl sites for hydroxylation is 1. The van der Waals surface area contributed by atoms with Gasteiger partial charge in [0.1, 0.15) is 5.75 Å². The van der Waals surface area contributed by atoms with E-state index in [0.29, 0.717) is 29.6 Å². The van der Waals surface area contributed by atoms with Gasteiger partial charge in [-0.15, -0.1) is 0 Å². The lowest BCUT2D eigenvalue weighted by atomic mass is 9.92. The zero-order valence-electron chi connectivity index (χ0n) is 15.3. The number of benzene rings is 1. The van der Waals surface area contributed by atoms with Gasteiger partial charge in [-0.2, -0.15) is 0 Å². The molecule has 0 atom stereocenters. The molecule has 2 aliphatic rings. The van der Waals surface area contributed by atoms with Gasteiger partial charge < -0.3 is 14.5 Å². The number of carbonyl (C=O) groups excluding carboxylic acids is 2. The quantitative estimate of drug-likeness (QED) is 0.825. The number of rotatable bonds is 5. The van der Waals surface area contributed by atoms with Crippen LogP contribution in [-0.2, 0) is 4.79 Å². The van der Waals surface area contributed by atoms with Gasteiger partial charge in [-0.3, -0.25) is 9.59 Å². The third-order valence-electron chi connectivity index (χ3n) is 5.55. The number of ether oxygens (including phenoxy) is 1. The van der Waals surface area contributed by atoms with Crippen LogP contribution in [0.15, 0.2) is 18.2 Å². The van der Waals surface area contributed by atoms with Crippen LogP contribution in [0.3, 0.4) is 0 Å². The highest BCUT2D eigenvalue weighted by Gasteiger charge is 2.27. The molecule has 0 unspecified atom stereocenters. The van der Waals surface area contributed by atoms with Crippen molar-refractivity contribution in [2.75, 3.05) is 33.3 Å². The van der Waals surface area contributed by atoms with Crippen molar-refractivity contribution >= 4 is 11.8 Å². The topological polar surface area (TPSA) is 49.9 Å². The predicted molar refractivity (Wildman–Crippen MR) is 96.8 cm³/mol. The van der Waals surface area contributed by atoms with Crippen molar-refractivity contribution in [2.24, 2.45) is 5.92 Å². The van der Waals surface area contributed by atoms with Crippen LogP contribution in [0.1, 0.15) is 48.0 Å². The molecule has 0 aliphatic carbocycles. The second-order valence-electron chi connectivity index (χ2n) is 7.16. The molecule has 0 saturated carbocycles. The number of nitrogens with zero attached hydrogens (tertiary/aromatic N) is 2. The van der Waals surface area contributed by atoms with E-state index in [-0.39, 0.29) is 5.91 Å². The minimum atomic E-state index is 0.0723. The van der Waals surface area contributed by atoms with Gasteiger partial charge in [0, 0.05) is 32.6 Å². The number of likely N-dealkylation sites (tertiary alicyclic amines) is 2. The monoisotopic (exact) mass is 344 g/mol. The Kier molecular flexibility index (Phi) is 5.61. The summed E-state index contributed by atoms with van der Waals surface area (Å²) in [5.41, 5.74) is 1.64. The average molecular weight is 344 g/mol. The molecule has 2 saturated heterocycles. The molecular weight excluding hydrogens is 316 g/mol. The molecule has 2 aliphatic heterocycles. The molecule has 0 N–H and O–H groups in total. The SMILES string of the molecule is COc1cccc(C)c1C(=O)N1CCC(CCN2CCCC2=O)CC1. The van der Waals surface area contributed by atoms with Crippen LogP contribution in [0, 0.1) is 12.8 Å². The number of hydrogen-bond donors (Lipinski definition) is 0. The molecule has 25 heavy (non-hydrogen) atoms. The summed E-state index contributed by atoms with van der Waals surface area (Å²) in [6.45, 7) is 5.33. The first-order valence-electron chi connectivity index (χ1n) is 9.31. The van der Waals surface area contributed by atoms with Crippen molar-refractivity contribution in [1.82, 2.24) is 9.80 Å². The fourth-order valence-corrected chi connectivity index (χ4v) is 3.95. The van der Waals surface area contributed by atoms with E-state index >= 15 is 0 Å². The van der Waals surface area contributed by atoms with Gasteiger partial charge in [-0.25, -0.2) is 0 Å². The Hall–Kier alpha value is -2.04. The second-order valence-corrected chi connectivity index (χ2v) is 7.16. The Bertz CT molecular complexity index is 636. The first-order chi connectivity index (χ1) is 12.1. The zero-order valence-corrected chi connectivity index (χ0v) is 15.3. The molecule has 2 heterocycles. The van der Waals surface area contributed by atoms with Crippen LogP contribution < -0.4 is 4.74 Å². The van der Waals surface area contributed by atoms with E-state index < -0.39 is 0 Å². The minimum absolute atomic E-state index is 0.0723. The van der Waals surface area contributed by atoms with E-state index in [4.69, 9.17) is 4.74 Å². The third kappa shape index (κ3) is 3.97. The average Bonchev–Trinajstić information content (AvgIpc) is 3.04. The Morgan fingerprint density at radius 1 is 1.24 bits per heavy atom. The zero-order chi connectivity index (χ0) is 17.8. The summed E-state index contributed by atoms with van der Waals surface area (Å²) in [5, 5.41) is 0. The molecule has 5 nitrogen and oxygen atoms in total. The van der Waals surface area contributed by atoms with Gasteiger partial charge >= 0.3 is 0 Å². The molecule has 1 aromatic rings. The van der Waals surface area contributed by atoms with E-state index in [1.807, 2.05) is 34.9 Å². The molecule has 5 heteroatoms. The number of hydrogen-bond acceptors (Lipinski definition) is 3. The van der Waals surface area contributed by atoms with Crippen LogP contribution in [-0.4, -0.2) is 54.9 Å². The normalized spacial score (nSPS) is 18.7. The lowest BCUT2D eigenvalue weighted by molar-refractivity contribution is -0.127. The van der Waals surface area contributed by atoms with E-state index in [9.17, 15) is 9.59 Å². The summed E-state index contributed by atoms with van der Waals surface area (Å²) in [5.74, 6) is 1.64. The summed E-state index contributed by atoms with van der Waals surface area (Å²) < 4.78 is 5.38. The van der Waals surface area contributed by atoms with Crippen molar-refractivity contribution in [1.29, 1.82) is 0 Å². The van der Waals surface area contributed by atoms with Crippen LogP contribution in [0.4, 0.5) is 0 Å². The third-order valence-corrected chi connectivity index (χ3v) is 5.55. The molecule has 0 spiro atoms. The van der Waals surface area contributed by atoms with Crippen LogP contribution in [0.25, 0.3) is 0 Å². The van der Waals surface area contributed by atoms with Crippen molar-refractivity contribution in [3.8, 4) is 5.75 Å². The molecule has 2 fully saturated rings. The Labute approximate surface area is 149 Å². The van der Waals surface area contributed by atoms with Gasteiger partial charge in [0.05, 0.1) is 12.7 Å². The first-order valence-corrected chi connectivity index (χ1v) is 9.31. The Morgan fingerprint density at radius 3 is 2.64 bits per heavy atom. The van der Waals surface area contributed by atoms with Crippen molar-refractivity contribution in [3.05, 3.63) is 29.3 Å². The maximum Gasteiger partial charge on any atom is 0.257 e. The number of carbonyl (C=O) groups is 2. The maximum absolute atomic E-state index is 12.9. The predicted octanol–water partition coefficient (Wildman–Crippen LogP) is 2.87. The Balaban J connectivity index is 1.54. The van der Waals surface area contributed by atoms with Crippen molar-refractivity contribution < 1.29 is 14.3 Å². The summed E-state index contributed by atoms with van der Waals surface area (Å²) in [6, 6.07) is 5.71. The second kappa shape index (κ2) is 7.89. The van der Waals surface area contributed by atoms with Crippen LogP contribution >= 0.6 is 0 Å². The lowest BCUT2D eigenvalue weighted by Gasteiger charge is -2.33. The number of amides is 2. The van der Waals surface area contributed by atoms with E-state index in [1.165, 1.54) is 0 Å². The highest BCUT2D eigenvalue weighted by Crippen LogP contribution is 2.27. The number of methoxy groups -OCH3 is 1. The van der Waals surface area contributed by atoms with Crippen molar-refractivity contribution in [3.63, 3.8) is 0 Å². The molecule has 0 radical (unpaired) electrons. The van der Waals surface area contributed by atoms with Gasteiger partial charge in [0.2, 0.25) is 5.91 Å². The van der Waals surface area contributed by atoms with Crippen LogP contribution in [0.2, 0.25) is 0 Å². The number of piperidine rings is 1. The van der Waals surface area contributed by atoms with E-state index in [1.54, 1.807) is 7.11 Å². The first kappa shape index (κ1) is 17.8. The Morgan fingerprint density at radius 2 is 2.00 bits per heavy atom. The minimum Gasteiger partial charge on any atom is -0.496 e. The van der Waals surface area contributed by atoms with Gasteiger partial charge in [-0.05, 0) is 50.2 Å². The highest BCUT2D eigenvalue weighted by atomic mass is 16.5. The largest absolute Gasteiger partial charge is 0.496 e. The lowest BCUT2D eigenvalue weighted by Crippen LogP contribution is -2.39. The smallest absolute Gasteiger partial charge is 0.257 e. The summed E-state index contributed by atoms with van der Waals surface area (Å²) >= 11 is 0. The van der Waals surface area contributed by atoms with E-state index in [2.05, 4.69) is 0 Å². The van der Waals surface area contributed by atoms with Gasteiger partial charge in [0.25, 0.3) is 5.91 Å². The van der Waals surface area contributed by atoms with Crippen LogP contribution in [0.5, 0.6) is 5.75 Å². The van der Waals surface area contributed by atoms with Gasteiger partial charge in [0.15, 0.2) is 0 Å². The summed E-state index contributed by atoms with van der Waals surface area (Å²) in [7, 11) is 1.61. The molecule has 2 amide bonds. The van der Waals surface area contributed by atoms with Crippen molar-refractivity contribution in [2.45, 2.75) is 39.0 Å². The standard InChI is InChI=1S/C20H28N2O3/c1-15-5-3-6-17(25-2)19(15)20(24)22-13-9-16(10-14-22)8-12-21-11-4-7-18(21)23/h3,5-6,16H,4,7-14H2,1-2H3. The fourth-order valence-electron chi connectivity index (χ4n) is 3.95. The fraction of sp³-hybridized carbons (Fsp3) is 0.600. The van der Waals surface area contributed by atoms with Gasteiger partial charge in [-0.1, -0.05) is 12.1 Å². The summed E-state index contributed by atoms with van der Waals surface area (Å²) in [6.07, 6.45) is 4.81. The highest BCUT2D eigenvalue weighted by molar-refractivity contribution is 5.98. The maximum atomic E-state index is 12.9. The molecule has 1 aromatic carbocycles. The summed E-state index contributed by atoms with van der Waals surface area (Å²) in [4.78, 5) is 28.6. The molecule has 0 bridgehead atoms.